The summed E-state index contributed by atoms with van der Waals surface area (Å²) in [7, 11) is 0. The number of nitrogens with zero attached hydrogens (tertiary/aromatic N) is 3. The SMILES string of the molecule is CC(C)c1nccc(N2CCC(C(=O)NC3CC3)CC2)n1. The van der Waals surface area contributed by atoms with Crippen LogP contribution >= 0.6 is 0 Å². The molecule has 1 N–H and O–H groups in total. The lowest BCUT2D eigenvalue weighted by molar-refractivity contribution is -0.125. The van der Waals surface area contributed by atoms with E-state index in [9.17, 15) is 4.79 Å². The van der Waals surface area contributed by atoms with Crippen molar-refractivity contribution in [1.29, 1.82) is 0 Å². The highest BCUT2D eigenvalue weighted by Crippen LogP contribution is 2.25. The molecule has 3 rings (SSSR count). The molecular formula is C16H24N4O. The van der Waals surface area contributed by atoms with Gasteiger partial charge >= 0.3 is 0 Å². The zero-order valence-corrected chi connectivity index (χ0v) is 12.9. The molecule has 2 aliphatic rings. The van der Waals surface area contributed by atoms with Crippen molar-refractivity contribution >= 4 is 11.7 Å². The maximum atomic E-state index is 12.1. The van der Waals surface area contributed by atoms with E-state index in [4.69, 9.17) is 0 Å². The van der Waals surface area contributed by atoms with Crippen LogP contribution in [0.2, 0.25) is 0 Å². The van der Waals surface area contributed by atoms with Gasteiger partial charge in [-0.2, -0.15) is 0 Å². The lowest BCUT2D eigenvalue weighted by atomic mass is 9.96. The second-order valence-corrected chi connectivity index (χ2v) is 6.47. The van der Waals surface area contributed by atoms with Crippen LogP contribution in [0.5, 0.6) is 0 Å². The molecule has 1 amide bonds. The summed E-state index contributed by atoms with van der Waals surface area (Å²) in [5, 5.41) is 3.12. The largest absolute Gasteiger partial charge is 0.356 e. The van der Waals surface area contributed by atoms with Gasteiger partial charge in [-0.05, 0) is 31.7 Å². The lowest BCUT2D eigenvalue weighted by Crippen LogP contribution is -2.41. The van der Waals surface area contributed by atoms with Crippen LogP contribution in [0.1, 0.15) is 51.3 Å². The van der Waals surface area contributed by atoms with Gasteiger partial charge < -0.3 is 10.2 Å². The molecular weight excluding hydrogens is 264 g/mol. The minimum Gasteiger partial charge on any atom is -0.356 e. The van der Waals surface area contributed by atoms with E-state index < -0.39 is 0 Å². The molecule has 2 fully saturated rings. The van der Waals surface area contributed by atoms with Crippen LogP contribution in [-0.2, 0) is 4.79 Å². The number of piperidine rings is 1. The minimum atomic E-state index is 0.174. The van der Waals surface area contributed by atoms with Crippen molar-refractivity contribution in [3.05, 3.63) is 18.1 Å². The van der Waals surface area contributed by atoms with Crippen molar-refractivity contribution in [2.75, 3.05) is 18.0 Å². The molecule has 1 aliphatic carbocycles. The number of hydrogen-bond donors (Lipinski definition) is 1. The van der Waals surface area contributed by atoms with Crippen LogP contribution < -0.4 is 10.2 Å². The van der Waals surface area contributed by atoms with E-state index in [1.165, 1.54) is 0 Å². The number of anilines is 1. The van der Waals surface area contributed by atoms with Crippen LogP contribution in [-0.4, -0.2) is 35.0 Å². The molecule has 0 aromatic carbocycles. The summed E-state index contributed by atoms with van der Waals surface area (Å²) in [5.74, 6) is 2.65. The van der Waals surface area contributed by atoms with Gasteiger partial charge in [0.05, 0.1) is 0 Å². The quantitative estimate of drug-likeness (QED) is 0.921. The predicted octanol–water partition coefficient (Wildman–Crippen LogP) is 2.09. The van der Waals surface area contributed by atoms with Crippen molar-refractivity contribution in [3.8, 4) is 0 Å². The Morgan fingerprint density at radius 3 is 2.62 bits per heavy atom. The first-order valence-electron chi connectivity index (χ1n) is 8.01. The van der Waals surface area contributed by atoms with E-state index in [2.05, 4.69) is 34.0 Å². The first kappa shape index (κ1) is 14.3. The highest BCUT2D eigenvalue weighted by atomic mass is 16.2. The number of carbonyl (C=O) groups is 1. The average molecular weight is 288 g/mol. The molecule has 1 aromatic heterocycles. The van der Waals surface area contributed by atoms with Gasteiger partial charge in [-0.3, -0.25) is 4.79 Å². The van der Waals surface area contributed by atoms with Gasteiger partial charge in [0.25, 0.3) is 0 Å². The fourth-order valence-corrected chi connectivity index (χ4v) is 2.74. The predicted molar refractivity (Wildman–Crippen MR) is 82.2 cm³/mol. The third-order valence-electron chi connectivity index (χ3n) is 4.29. The first-order chi connectivity index (χ1) is 10.1. The van der Waals surface area contributed by atoms with Gasteiger partial charge in [0, 0.05) is 37.2 Å². The molecule has 1 aromatic rings. The fourth-order valence-electron chi connectivity index (χ4n) is 2.74. The molecule has 114 valence electrons. The van der Waals surface area contributed by atoms with E-state index in [0.717, 1.165) is 50.4 Å². The first-order valence-corrected chi connectivity index (χ1v) is 8.01. The molecule has 5 nitrogen and oxygen atoms in total. The van der Waals surface area contributed by atoms with Gasteiger partial charge in [-0.25, -0.2) is 9.97 Å². The minimum absolute atomic E-state index is 0.174. The number of rotatable bonds is 4. The molecule has 1 aliphatic heterocycles. The Kier molecular flexibility index (Phi) is 4.08. The van der Waals surface area contributed by atoms with Crippen molar-refractivity contribution in [3.63, 3.8) is 0 Å². The summed E-state index contributed by atoms with van der Waals surface area (Å²) >= 11 is 0. The van der Waals surface area contributed by atoms with Crippen LogP contribution in [0.3, 0.4) is 0 Å². The molecule has 2 heterocycles. The molecule has 0 unspecified atom stereocenters. The van der Waals surface area contributed by atoms with Gasteiger partial charge in [0.15, 0.2) is 0 Å². The van der Waals surface area contributed by atoms with Crippen molar-refractivity contribution in [2.45, 2.75) is 51.5 Å². The number of amides is 1. The number of nitrogens with one attached hydrogen (secondary N) is 1. The molecule has 1 saturated carbocycles. The van der Waals surface area contributed by atoms with Crippen LogP contribution in [0.15, 0.2) is 12.3 Å². The number of aromatic nitrogens is 2. The smallest absolute Gasteiger partial charge is 0.223 e. The zero-order chi connectivity index (χ0) is 14.8. The fraction of sp³-hybridized carbons (Fsp3) is 0.688. The van der Waals surface area contributed by atoms with Crippen LogP contribution in [0.4, 0.5) is 5.82 Å². The summed E-state index contributed by atoms with van der Waals surface area (Å²) in [6.45, 7) is 6.01. The Morgan fingerprint density at radius 2 is 2.00 bits per heavy atom. The molecule has 1 saturated heterocycles. The number of hydrogen-bond acceptors (Lipinski definition) is 4. The summed E-state index contributed by atoms with van der Waals surface area (Å²) in [5.41, 5.74) is 0. The Labute approximate surface area is 126 Å². The van der Waals surface area contributed by atoms with E-state index in [1.807, 2.05) is 12.3 Å². The third kappa shape index (κ3) is 3.52. The summed E-state index contributed by atoms with van der Waals surface area (Å²) in [4.78, 5) is 23.3. The van der Waals surface area contributed by atoms with Crippen molar-refractivity contribution in [2.24, 2.45) is 5.92 Å². The van der Waals surface area contributed by atoms with Gasteiger partial charge in [0.2, 0.25) is 5.91 Å². The average Bonchev–Trinajstić information content (AvgIpc) is 3.31. The number of carbonyl (C=O) groups excluding carboxylic acids is 1. The lowest BCUT2D eigenvalue weighted by Gasteiger charge is -2.32. The molecule has 5 heteroatoms. The summed E-state index contributed by atoms with van der Waals surface area (Å²) in [6, 6.07) is 2.43. The monoisotopic (exact) mass is 288 g/mol. The molecule has 0 bridgehead atoms. The molecule has 0 radical (unpaired) electrons. The zero-order valence-electron chi connectivity index (χ0n) is 12.9. The standard InChI is InChI=1S/C16H24N4O/c1-11(2)15-17-8-5-14(19-15)20-9-6-12(7-10-20)16(21)18-13-3-4-13/h5,8,11-13H,3-4,6-7,9-10H2,1-2H3,(H,18,21). The highest BCUT2D eigenvalue weighted by molar-refractivity contribution is 5.79. The van der Waals surface area contributed by atoms with E-state index >= 15 is 0 Å². The Morgan fingerprint density at radius 1 is 1.29 bits per heavy atom. The van der Waals surface area contributed by atoms with E-state index in [-0.39, 0.29) is 11.8 Å². The Balaban J connectivity index is 1.57. The molecule has 0 spiro atoms. The third-order valence-corrected chi connectivity index (χ3v) is 4.29. The van der Waals surface area contributed by atoms with Gasteiger partial charge in [-0.15, -0.1) is 0 Å². The molecule has 21 heavy (non-hydrogen) atoms. The van der Waals surface area contributed by atoms with Crippen molar-refractivity contribution < 1.29 is 4.79 Å². The summed E-state index contributed by atoms with van der Waals surface area (Å²) in [6.07, 6.45) is 5.98. The second kappa shape index (κ2) is 6.00. The van der Waals surface area contributed by atoms with Gasteiger partial charge in [-0.1, -0.05) is 13.8 Å². The maximum absolute atomic E-state index is 12.1. The maximum Gasteiger partial charge on any atom is 0.223 e. The van der Waals surface area contributed by atoms with E-state index in [0.29, 0.717) is 12.0 Å². The second-order valence-electron chi connectivity index (χ2n) is 6.47. The van der Waals surface area contributed by atoms with Crippen molar-refractivity contribution in [1.82, 2.24) is 15.3 Å². The molecule has 0 atom stereocenters. The van der Waals surface area contributed by atoms with Crippen LogP contribution in [0.25, 0.3) is 0 Å². The van der Waals surface area contributed by atoms with Gasteiger partial charge in [0.1, 0.15) is 11.6 Å². The Bertz CT molecular complexity index is 505. The summed E-state index contributed by atoms with van der Waals surface area (Å²) < 4.78 is 0. The normalized spacial score (nSPS) is 19.9. The topological polar surface area (TPSA) is 58.1 Å². The Hall–Kier alpha value is -1.65. The van der Waals surface area contributed by atoms with E-state index in [1.54, 1.807) is 0 Å². The van der Waals surface area contributed by atoms with Crippen LogP contribution in [0, 0.1) is 5.92 Å². The highest BCUT2D eigenvalue weighted by Gasteiger charge is 2.30.